The minimum absolute atomic E-state index is 0.0486. The Kier molecular flexibility index (Phi) is 1.96. The van der Waals surface area contributed by atoms with Crippen LogP contribution in [0.4, 0.5) is 0 Å². The molecule has 1 heterocycles. The second-order valence-corrected chi connectivity index (χ2v) is 3.41. The molecule has 1 unspecified atom stereocenters. The number of rotatable bonds is 0. The fourth-order valence-corrected chi connectivity index (χ4v) is 1.83. The fourth-order valence-electron chi connectivity index (χ4n) is 1.83. The molecule has 0 N–H and O–H groups in total. The summed E-state index contributed by atoms with van der Waals surface area (Å²) in [6.45, 7) is 0.769. The van der Waals surface area contributed by atoms with Crippen LogP contribution in [0, 0.1) is 0 Å². The Labute approximate surface area is 67.1 Å². The van der Waals surface area contributed by atoms with Gasteiger partial charge in [-0.3, -0.25) is 0 Å². The van der Waals surface area contributed by atoms with Crippen molar-refractivity contribution in [2.75, 3.05) is 6.61 Å². The highest BCUT2D eigenvalue weighted by Gasteiger charge is 2.34. The first kappa shape index (κ1) is 7.32. The van der Waals surface area contributed by atoms with Gasteiger partial charge in [-0.25, -0.2) is 9.78 Å². The molecule has 0 radical (unpaired) electrons. The summed E-state index contributed by atoms with van der Waals surface area (Å²) in [7, 11) is 0. The minimum atomic E-state index is 0.0486. The Balaban J connectivity index is 2.01. The lowest BCUT2D eigenvalue weighted by Crippen LogP contribution is -2.37. The van der Waals surface area contributed by atoms with Crippen molar-refractivity contribution in [2.24, 2.45) is 0 Å². The maximum absolute atomic E-state index is 5.36. The van der Waals surface area contributed by atoms with Gasteiger partial charge in [0, 0.05) is 0 Å². The standard InChI is InChI=1S/C9H14O2/c1-2-5-9(6-3-1)7-4-8-10-11-9/h1-2H,3-8H2. The van der Waals surface area contributed by atoms with E-state index in [1.807, 2.05) is 0 Å². The van der Waals surface area contributed by atoms with Crippen LogP contribution >= 0.6 is 0 Å². The highest BCUT2D eigenvalue weighted by molar-refractivity contribution is 4.99. The number of allylic oxidation sites excluding steroid dienone is 1. The fraction of sp³-hybridized carbons (Fsp3) is 0.778. The molecule has 11 heavy (non-hydrogen) atoms. The molecule has 0 aromatic carbocycles. The third-order valence-electron chi connectivity index (χ3n) is 2.52. The summed E-state index contributed by atoms with van der Waals surface area (Å²) < 4.78 is 0. The van der Waals surface area contributed by atoms with E-state index in [0.717, 1.165) is 38.7 Å². The van der Waals surface area contributed by atoms with Crippen LogP contribution in [0.1, 0.15) is 32.1 Å². The highest BCUT2D eigenvalue weighted by Crippen LogP contribution is 2.34. The van der Waals surface area contributed by atoms with Crippen molar-refractivity contribution in [1.82, 2.24) is 0 Å². The van der Waals surface area contributed by atoms with Crippen molar-refractivity contribution in [3.8, 4) is 0 Å². The molecule has 1 spiro atoms. The van der Waals surface area contributed by atoms with Gasteiger partial charge in [0.1, 0.15) is 5.60 Å². The molecule has 0 bridgehead atoms. The number of hydrogen-bond donors (Lipinski definition) is 0. The zero-order valence-electron chi connectivity index (χ0n) is 6.71. The third kappa shape index (κ3) is 1.47. The van der Waals surface area contributed by atoms with E-state index in [9.17, 15) is 0 Å². The first-order valence-corrected chi connectivity index (χ1v) is 4.37. The smallest absolute Gasteiger partial charge is 0.107 e. The Hall–Kier alpha value is -0.340. The van der Waals surface area contributed by atoms with E-state index < -0.39 is 0 Å². The van der Waals surface area contributed by atoms with Crippen LogP contribution in [0.2, 0.25) is 0 Å². The highest BCUT2D eigenvalue weighted by atomic mass is 17.2. The lowest BCUT2D eigenvalue weighted by molar-refractivity contribution is -0.384. The molecule has 1 atom stereocenters. The maximum Gasteiger partial charge on any atom is 0.107 e. The predicted octanol–water partition coefficient (Wildman–Crippen LogP) is 2.21. The number of hydrogen-bond acceptors (Lipinski definition) is 2. The van der Waals surface area contributed by atoms with Gasteiger partial charge >= 0.3 is 0 Å². The van der Waals surface area contributed by atoms with Gasteiger partial charge in [0.05, 0.1) is 6.61 Å². The lowest BCUT2D eigenvalue weighted by atomic mass is 9.85. The molecule has 2 nitrogen and oxygen atoms in total. The van der Waals surface area contributed by atoms with Gasteiger partial charge in [0.2, 0.25) is 0 Å². The largest absolute Gasteiger partial charge is 0.236 e. The Morgan fingerprint density at radius 1 is 1.18 bits per heavy atom. The average molecular weight is 154 g/mol. The molecule has 62 valence electrons. The lowest BCUT2D eigenvalue weighted by Gasteiger charge is -2.36. The van der Waals surface area contributed by atoms with Crippen LogP contribution < -0.4 is 0 Å². The molecule has 0 aromatic heterocycles. The molecule has 2 aliphatic rings. The van der Waals surface area contributed by atoms with Gasteiger partial charge in [-0.2, -0.15) is 0 Å². The second kappa shape index (κ2) is 2.95. The molecular formula is C9H14O2. The van der Waals surface area contributed by atoms with Gasteiger partial charge in [-0.1, -0.05) is 12.2 Å². The van der Waals surface area contributed by atoms with Crippen molar-refractivity contribution < 1.29 is 9.78 Å². The topological polar surface area (TPSA) is 18.5 Å². The third-order valence-corrected chi connectivity index (χ3v) is 2.52. The van der Waals surface area contributed by atoms with Crippen LogP contribution in [0.25, 0.3) is 0 Å². The summed E-state index contributed by atoms with van der Waals surface area (Å²) in [6.07, 6.45) is 10.0. The molecule has 0 aromatic rings. The van der Waals surface area contributed by atoms with E-state index in [0.29, 0.717) is 0 Å². The van der Waals surface area contributed by atoms with Gasteiger partial charge in [0.15, 0.2) is 0 Å². The van der Waals surface area contributed by atoms with E-state index in [-0.39, 0.29) is 5.60 Å². The predicted molar refractivity (Wildman–Crippen MR) is 42.0 cm³/mol. The molecule has 1 saturated heterocycles. The Morgan fingerprint density at radius 3 is 2.82 bits per heavy atom. The van der Waals surface area contributed by atoms with Crippen LogP contribution in [-0.4, -0.2) is 12.2 Å². The monoisotopic (exact) mass is 154 g/mol. The van der Waals surface area contributed by atoms with E-state index in [4.69, 9.17) is 9.78 Å². The molecule has 2 heteroatoms. The van der Waals surface area contributed by atoms with Crippen LogP contribution in [0.3, 0.4) is 0 Å². The van der Waals surface area contributed by atoms with Crippen molar-refractivity contribution in [3.05, 3.63) is 12.2 Å². The Morgan fingerprint density at radius 2 is 2.18 bits per heavy atom. The van der Waals surface area contributed by atoms with Crippen molar-refractivity contribution in [1.29, 1.82) is 0 Å². The Bertz CT molecular complexity index is 157. The van der Waals surface area contributed by atoms with Crippen LogP contribution in [0.5, 0.6) is 0 Å². The zero-order chi connectivity index (χ0) is 7.57. The van der Waals surface area contributed by atoms with E-state index in [1.54, 1.807) is 0 Å². The molecule has 1 fully saturated rings. The first-order valence-electron chi connectivity index (χ1n) is 4.37. The molecular weight excluding hydrogens is 140 g/mol. The van der Waals surface area contributed by atoms with Crippen molar-refractivity contribution in [3.63, 3.8) is 0 Å². The van der Waals surface area contributed by atoms with Gasteiger partial charge < -0.3 is 0 Å². The summed E-state index contributed by atoms with van der Waals surface area (Å²) in [4.78, 5) is 10.4. The van der Waals surface area contributed by atoms with Crippen LogP contribution in [0.15, 0.2) is 12.2 Å². The summed E-state index contributed by atoms with van der Waals surface area (Å²) >= 11 is 0. The average Bonchev–Trinajstić information content (AvgIpc) is 2.07. The first-order chi connectivity index (χ1) is 5.41. The molecule has 1 aliphatic carbocycles. The SMILES string of the molecule is C1=CCC2(CC1)CCCOO2. The normalized spacial score (nSPS) is 37.8. The van der Waals surface area contributed by atoms with E-state index >= 15 is 0 Å². The summed E-state index contributed by atoms with van der Waals surface area (Å²) in [5.74, 6) is 0. The van der Waals surface area contributed by atoms with Crippen molar-refractivity contribution >= 4 is 0 Å². The van der Waals surface area contributed by atoms with Crippen LogP contribution in [-0.2, 0) is 9.78 Å². The maximum atomic E-state index is 5.36. The molecule has 0 saturated carbocycles. The van der Waals surface area contributed by atoms with Gasteiger partial charge in [-0.05, 0) is 32.1 Å². The van der Waals surface area contributed by atoms with Gasteiger partial charge in [0.25, 0.3) is 0 Å². The summed E-state index contributed by atoms with van der Waals surface area (Å²) in [5, 5.41) is 0. The van der Waals surface area contributed by atoms with Gasteiger partial charge in [-0.15, -0.1) is 0 Å². The molecule has 2 rings (SSSR count). The second-order valence-electron chi connectivity index (χ2n) is 3.41. The van der Waals surface area contributed by atoms with E-state index in [1.165, 1.54) is 0 Å². The van der Waals surface area contributed by atoms with E-state index in [2.05, 4.69) is 12.2 Å². The summed E-state index contributed by atoms with van der Waals surface area (Å²) in [6, 6.07) is 0. The molecule has 1 aliphatic heterocycles. The summed E-state index contributed by atoms with van der Waals surface area (Å²) in [5.41, 5.74) is 0.0486. The van der Waals surface area contributed by atoms with Crippen molar-refractivity contribution in [2.45, 2.75) is 37.7 Å². The molecule has 0 amide bonds. The zero-order valence-corrected chi connectivity index (χ0v) is 6.71. The quantitative estimate of drug-likeness (QED) is 0.393. The minimum Gasteiger partial charge on any atom is -0.236 e.